The molecule has 0 unspecified atom stereocenters. The summed E-state index contributed by atoms with van der Waals surface area (Å²) in [6.45, 7) is 0. The number of fused-ring (bicyclic) bond motifs is 1. The average Bonchev–Trinajstić information content (AvgIpc) is 2.47. The Bertz CT molecular complexity index is 557. The summed E-state index contributed by atoms with van der Waals surface area (Å²) >= 11 is 0. The predicted molar refractivity (Wildman–Crippen MR) is 55.1 cm³/mol. The van der Waals surface area contributed by atoms with Crippen LogP contribution in [0.4, 0.5) is 0 Å². The molecule has 1 heterocycles. The molecule has 0 bridgehead atoms. The van der Waals surface area contributed by atoms with Crippen LogP contribution in [-0.2, 0) is 15.8 Å². The van der Waals surface area contributed by atoms with Gasteiger partial charge in [0.15, 0.2) is 0 Å². The first-order valence-corrected chi connectivity index (χ1v) is 5.83. The number of benzene rings is 1. The molecule has 0 spiro atoms. The summed E-state index contributed by atoms with van der Waals surface area (Å²) in [7, 11) is -3.44. The first kappa shape index (κ1) is 9.23. The average molecular weight is 210 g/mol. The molecule has 0 fully saturated rings. The molecule has 0 amide bonds. The van der Waals surface area contributed by atoms with E-state index in [1.165, 1.54) is 0 Å². The molecule has 0 radical (unpaired) electrons. The van der Waals surface area contributed by atoms with Crippen molar-refractivity contribution in [3.8, 4) is 0 Å². The van der Waals surface area contributed by atoms with E-state index in [1.807, 2.05) is 24.4 Å². The standard InChI is InChI=1S/C9H10N2O2S/c10-14(12,13)6-7-1-2-9-8(5-7)3-4-11-9/h1-5,11H,6H2,(H2,10,12,13). The van der Waals surface area contributed by atoms with Gasteiger partial charge in [0.05, 0.1) is 5.75 Å². The Labute approximate surface area is 81.8 Å². The van der Waals surface area contributed by atoms with Gasteiger partial charge in [-0.25, -0.2) is 13.6 Å². The normalized spacial score (nSPS) is 12.1. The zero-order valence-electron chi connectivity index (χ0n) is 7.40. The molecule has 4 nitrogen and oxygen atoms in total. The summed E-state index contributed by atoms with van der Waals surface area (Å²) in [4.78, 5) is 3.03. The molecule has 14 heavy (non-hydrogen) atoms. The lowest BCUT2D eigenvalue weighted by atomic mass is 10.2. The summed E-state index contributed by atoms with van der Waals surface area (Å²) in [5.74, 6) is -0.117. The topological polar surface area (TPSA) is 76.0 Å². The van der Waals surface area contributed by atoms with Crippen LogP contribution in [0.2, 0.25) is 0 Å². The Morgan fingerprint density at radius 2 is 2.07 bits per heavy atom. The third-order valence-corrected chi connectivity index (χ3v) is 2.72. The van der Waals surface area contributed by atoms with Gasteiger partial charge in [0.2, 0.25) is 10.0 Å². The number of nitrogens with one attached hydrogen (secondary N) is 1. The van der Waals surface area contributed by atoms with E-state index >= 15 is 0 Å². The van der Waals surface area contributed by atoms with E-state index < -0.39 is 10.0 Å². The number of nitrogens with two attached hydrogens (primary N) is 1. The lowest BCUT2D eigenvalue weighted by Gasteiger charge is -1.98. The first-order chi connectivity index (χ1) is 6.54. The maximum Gasteiger partial charge on any atom is 0.213 e. The number of sulfonamides is 1. The first-order valence-electron chi connectivity index (χ1n) is 4.11. The largest absolute Gasteiger partial charge is 0.361 e. The van der Waals surface area contributed by atoms with E-state index in [-0.39, 0.29) is 5.75 Å². The van der Waals surface area contributed by atoms with Crippen LogP contribution in [0.1, 0.15) is 5.56 Å². The fourth-order valence-corrected chi connectivity index (χ4v) is 2.07. The highest BCUT2D eigenvalue weighted by Gasteiger charge is 2.05. The van der Waals surface area contributed by atoms with Gasteiger partial charge >= 0.3 is 0 Å². The van der Waals surface area contributed by atoms with Crippen LogP contribution in [0.3, 0.4) is 0 Å². The number of aromatic nitrogens is 1. The van der Waals surface area contributed by atoms with E-state index in [0.29, 0.717) is 5.56 Å². The van der Waals surface area contributed by atoms with E-state index in [1.54, 1.807) is 6.07 Å². The lowest BCUT2D eigenvalue weighted by molar-refractivity contribution is 0.597. The molecule has 0 saturated heterocycles. The molecule has 2 rings (SSSR count). The van der Waals surface area contributed by atoms with Crippen molar-refractivity contribution >= 4 is 20.9 Å². The minimum atomic E-state index is -3.44. The molecule has 0 atom stereocenters. The second-order valence-electron chi connectivity index (χ2n) is 3.21. The Hall–Kier alpha value is -1.33. The maximum absolute atomic E-state index is 10.8. The van der Waals surface area contributed by atoms with Crippen LogP contribution < -0.4 is 5.14 Å². The van der Waals surface area contributed by atoms with Gasteiger partial charge in [-0.2, -0.15) is 0 Å². The van der Waals surface area contributed by atoms with Crippen molar-refractivity contribution in [1.29, 1.82) is 0 Å². The number of rotatable bonds is 2. The Morgan fingerprint density at radius 1 is 1.29 bits per heavy atom. The Kier molecular flexibility index (Phi) is 2.05. The summed E-state index contributed by atoms with van der Waals surface area (Å²) in [6, 6.07) is 7.30. The van der Waals surface area contributed by atoms with Crippen molar-refractivity contribution in [2.75, 3.05) is 0 Å². The van der Waals surface area contributed by atoms with Gasteiger partial charge in [-0.05, 0) is 29.1 Å². The quantitative estimate of drug-likeness (QED) is 0.774. The third-order valence-electron chi connectivity index (χ3n) is 1.99. The number of aromatic amines is 1. The summed E-state index contributed by atoms with van der Waals surface area (Å²) in [6.07, 6.45) is 1.81. The zero-order chi connectivity index (χ0) is 10.2. The second-order valence-corrected chi connectivity index (χ2v) is 4.82. The van der Waals surface area contributed by atoms with Crippen LogP contribution >= 0.6 is 0 Å². The van der Waals surface area contributed by atoms with Gasteiger partial charge in [0.25, 0.3) is 0 Å². The molecule has 1 aromatic heterocycles. The number of hydrogen-bond donors (Lipinski definition) is 2. The summed E-state index contributed by atoms with van der Waals surface area (Å²) in [5, 5.41) is 5.94. The molecule has 0 saturated carbocycles. The van der Waals surface area contributed by atoms with Crippen molar-refractivity contribution in [3.05, 3.63) is 36.0 Å². The van der Waals surface area contributed by atoms with E-state index in [9.17, 15) is 8.42 Å². The minimum absolute atomic E-state index is 0.117. The molecule has 5 heteroatoms. The van der Waals surface area contributed by atoms with Crippen molar-refractivity contribution in [2.45, 2.75) is 5.75 Å². The van der Waals surface area contributed by atoms with Crippen LogP contribution in [0.25, 0.3) is 10.9 Å². The van der Waals surface area contributed by atoms with Crippen molar-refractivity contribution < 1.29 is 8.42 Å². The lowest BCUT2D eigenvalue weighted by Crippen LogP contribution is -2.14. The number of primary sulfonamides is 1. The van der Waals surface area contributed by atoms with Crippen LogP contribution in [0, 0.1) is 0 Å². The SMILES string of the molecule is NS(=O)(=O)Cc1ccc2[nH]ccc2c1. The molecule has 1 aromatic carbocycles. The highest BCUT2D eigenvalue weighted by Crippen LogP contribution is 2.15. The van der Waals surface area contributed by atoms with E-state index in [4.69, 9.17) is 5.14 Å². The Morgan fingerprint density at radius 3 is 2.79 bits per heavy atom. The van der Waals surface area contributed by atoms with Gasteiger partial charge in [0, 0.05) is 11.7 Å². The van der Waals surface area contributed by atoms with Gasteiger partial charge in [0.1, 0.15) is 0 Å². The molecular weight excluding hydrogens is 200 g/mol. The molecule has 74 valence electrons. The van der Waals surface area contributed by atoms with Crippen molar-refractivity contribution in [1.82, 2.24) is 4.98 Å². The maximum atomic E-state index is 10.8. The van der Waals surface area contributed by atoms with Gasteiger partial charge in [-0.3, -0.25) is 0 Å². The predicted octanol–water partition coefficient (Wildman–Crippen LogP) is 0.956. The van der Waals surface area contributed by atoms with Crippen molar-refractivity contribution in [3.63, 3.8) is 0 Å². The molecular formula is C9H10N2O2S. The molecule has 3 N–H and O–H groups in total. The smallest absolute Gasteiger partial charge is 0.213 e. The van der Waals surface area contributed by atoms with E-state index in [2.05, 4.69) is 4.98 Å². The van der Waals surface area contributed by atoms with Crippen molar-refractivity contribution in [2.24, 2.45) is 5.14 Å². The summed E-state index contributed by atoms with van der Waals surface area (Å²) < 4.78 is 21.7. The van der Waals surface area contributed by atoms with Gasteiger partial charge in [-0.15, -0.1) is 0 Å². The second kappa shape index (κ2) is 3.11. The minimum Gasteiger partial charge on any atom is -0.361 e. The molecule has 0 aliphatic heterocycles. The van der Waals surface area contributed by atoms with Gasteiger partial charge < -0.3 is 4.98 Å². The highest BCUT2D eigenvalue weighted by atomic mass is 32.2. The third kappa shape index (κ3) is 1.94. The zero-order valence-corrected chi connectivity index (χ0v) is 8.21. The summed E-state index contributed by atoms with van der Waals surface area (Å²) in [5.41, 5.74) is 1.70. The highest BCUT2D eigenvalue weighted by molar-refractivity contribution is 7.88. The van der Waals surface area contributed by atoms with Crippen LogP contribution in [0.5, 0.6) is 0 Å². The number of hydrogen-bond acceptors (Lipinski definition) is 2. The van der Waals surface area contributed by atoms with Crippen LogP contribution in [0.15, 0.2) is 30.5 Å². The fourth-order valence-electron chi connectivity index (χ4n) is 1.42. The van der Waals surface area contributed by atoms with E-state index in [0.717, 1.165) is 10.9 Å². The molecule has 2 aromatic rings. The molecule has 0 aliphatic carbocycles. The monoisotopic (exact) mass is 210 g/mol. The Balaban J connectivity index is 2.44. The fraction of sp³-hybridized carbons (Fsp3) is 0.111. The van der Waals surface area contributed by atoms with Crippen LogP contribution in [-0.4, -0.2) is 13.4 Å². The van der Waals surface area contributed by atoms with Gasteiger partial charge in [-0.1, -0.05) is 6.07 Å². The number of H-pyrrole nitrogens is 1. The molecule has 0 aliphatic rings.